The van der Waals surface area contributed by atoms with Gasteiger partial charge in [0.25, 0.3) is 0 Å². The molecule has 1 aliphatic rings. The van der Waals surface area contributed by atoms with E-state index in [1.54, 1.807) is 29.8 Å². The molecule has 0 bridgehead atoms. The topological polar surface area (TPSA) is 55.8 Å². The largest absolute Gasteiger partial charge is 0.493 e. The second kappa shape index (κ2) is 10.8. The van der Waals surface area contributed by atoms with Gasteiger partial charge in [0.1, 0.15) is 12.0 Å². The van der Waals surface area contributed by atoms with Crippen LogP contribution in [0.4, 0.5) is 0 Å². The fourth-order valence-electron chi connectivity index (χ4n) is 2.92. The summed E-state index contributed by atoms with van der Waals surface area (Å²) in [4.78, 5) is 26.7. The Morgan fingerprint density at radius 1 is 1.17 bits per heavy atom. The summed E-state index contributed by atoms with van der Waals surface area (Å²) in [7, 11) is 1.60. The molecule has 1 saturated heterocycles. The van der Waals surface area contributed by atoms with Crippen molar-refractivity contribution in [3.63, 3.8) is 0 Å². The summed E-state index contributed by atoms with van der Waals surface area (Å²) in [5.41, 5.74) is 0.777. The van der Waals surface area contributed by atoms with Gasteiger partial charge in [-0.25, -0.2) is 0 Å². The maximum atomic E-state index is 12.6. The minimum Gasteiger partial charge on any atom is -0.493 e. The fourth-order valence-corrected chi connectivity index (χ4v) is 4.97. The Bertz CT molecular complexity index is 864. The lowest BCUT2D eigenvalue weighted by molar-refractivity contribution is -0.129. The van der Waals surface area contributed by atoms with Gasteiger partial charge in [0, 0.05) is 23.7 Å². The molecule has 1 atom stereocenters. The van der Waals surface area contributed by atoms with Crippen LogP contribution in [0.3, 0.4) is 0 Å². The summed E-state index contributed by atoms with van der Waals surface area (Å²) < 4.78 is 11.2. The van der Waals surface area contributed by atoms with Gasteiger partial charge < -0.3 is 14.4 Å². The van der Waals surface area contributed by atoms with Crippen molar-refractivity contribution in [1.29, 1.82) is 0 Å². The van der Waals surface area contributed by atoms with Crippen molar-refractivity contribution in [3.8, 4) is 11.5 Å². The van der Waals surface area contributed by atoms with Gasteiger partial charge >= 0.3 is 0 Å². The summed E-state index contributed by atoms with van der Waals surface area (Å²) in [6.07, 6.45) is 0.215. The third-order valence-electron chi connectivity index (χ3n) is 4.41. The average molecular weight is 452 g/mol. The van der Waals surface area contributed by atoms with E-state index < -0.39 is 0 Å². The number of carbonyl (C=O) groups excluding carboxylic acids is 2. The number of methoxy groups -OCH3 is 1. The second-order valence-electron chi connectivity index (χ2n) is 6.30. The monoisotopic (exact) mass is 451 g/mol. The molecule has 1 amide bonds. The van der Waals surface area contributed by atoms with Crippen molar-refractivity contribution in [2.45, 2.75) is 11.8 Å². The van der Waals surface area contributed by atoms with E-state index in [-0.39, 0.29) is 28.6 Å². The van der Waals surface area contributed by atoms with Gasteiger partial charge in [-0.1, -0.05) is 53.7 Å². The first-order valence-corrected chi connectivity index (χ1v) is 11.6. The molecule has 5 nitrogen and oxygen atoms in total. The van der Waals surface area contributed by atoms with Crippen molar-refractivity contribution < 1.29 is 19.1 Å². The third-order valence-corrected chi connectivity index (χ3v) is 6.83. The van der Waals surface area contributed by atoms with Crippen LogP contribution in [0.15, 0.2) is 48.5 Å². The Balaban J connectivity index is 1.49. The fraction of sp³-hybridized carbons (Fsp3) is 0.333. The van der Waals surface area contributed by atoms with E-state index in [1.807, 2.05) is 42.5 Å². The lowest BCUT2D eigenvalue weighted by Crippen LogP contribution is -2.39. The highest BCUT2D eigenvalue weighted by Gasteiger charge is 2.30. The molecule has 0 aromatic heterocycles. The molecule has 3 rings (SSSR count). The molecule has 0 radical (unpaired) electrons. The Morgan fingerprint density at radius 3 is 2.66 bits per heavy atom. The SMILES string of the molecule is COc1ccccc1OCC1SCCN1C(=O)CSC(=O)Cc1ccccc1Cl. The lowest BCUT2D eigenvalue weighted by Gasteiger charge is -2.24. The first-order chi connectivity index (χ1) is 14.1. The number of para-hydroxylation sites is 2. The van der Waals surface area contributed by atoms with Crippen LogP contribution in [-0.4, -0.2) is 53.1 Å². The minimum atomic E-state index is -0.0771. The number of halogens is 1. The normalized spacial score (nSPS) is 15.9. The lowest BCUT2D eigenvalue weighted by atomic mass is 10.2. The number of nitrogens with zero attached hydrogens (tertiary/aromatic N) is 1. The van der Waals surface area contributed by atoms with Crippen LogP contribution in [0.5, 0.6) is 11.5 Å². The molecule has 2 aromatic carbocycles. The van der Waals surface area contributed by atoms with E-state index in [2.05, 4.69) is 0 Å². The van der Waals surface area contributed by atoms with Gasteiger partial charge in [0.15, 0.2) is 16.6 Å². The number of hydrogen-bond acceptors (Lipinski definition) is 6. The Labute approximate surface area is 184 Å². The smallest absolute Gasteiger partial charge is 0.234 e. The molecule has 0 spiro atoms. The van der Waals surface area contributed by atoms with E-state index in [4.69, 9.17) is 21.1 Å². The van der Waals surface area contributed by atoms with E-state index in [1.165, 1.54) is 0 Å². The number of benzene rings is 2. The van der Waals surface area contributed by atoms with E-state index in [0.29, 0.717) is 29.7 Å². The van der Waals surface area contributed by atoms with Gasteiger partial charge in [-0.05, 0) is 23.8 Å². The number of amides is 1. The van der Waals surface area contributed by atoms with Crippen molar-refractivity contribution in [2.75, 3.05) is 31.8 Å². The molecule has 1 aliphatic heterocycles. The van der Waals surface area contributed by atoms with Crippen molar-refractivity contribution in [3.05, 3.63) is 59.1 Å². The summed E-state index contributed by atoms with van der Waals surface area (Å²) in [6, 6.07) is 14.7. The molecular weight excluding hydrogens is 430 g/mol. The Kier molecular flexibility index (Phi) is 8.15. The second-order valence-corrected chi connectivity index (χ2v) is 9.03. The first-order valence-electron chi connectivity index (χ1n) is 9.14. The van der Waals surface area contributed by atoms with Crippen LogP contribution >= 0.6 is 35.1 Å². The van der Waals surface area contributed by atoms with Crippen LogP contribution in [-0.2, 0) is 16.0 Å². The molecule has 1 fully saturated rings. The zero-order valence-corrected chi connectivity index (χ0v) is 18.4. The minimum absolute atomic E-state index is 0.0545. The number of hydrogen-bond donors (Lipinski definition) is 0. The quantitative estimate of drug-likeness (QED) is 0.601. The van der Waals surface area contributed by atoms with Gasteiger partial charge in [-0.2, -0.15) is 0 Å². The average Bonchev–Trinajstić information content (AvgIpc) is 3.21. The number of ether oxygens (including phenoxy) is 2. The summed E-state index contributed by atoms with van der Waals surface area (Å²) in [6.45, 7) is 1.03. The first kappa shape index (κ1) is 21.9. The number of thioether (sulfide) groups is 2. The Morgan fingerprint density at radius 2 is 1.90 bits per heavy atom. The van der Waals surface area contributed by atoms with Crippen molar-refractivity contribution in [1.82, 2.24) is 4.90 Å². The molecule has 0 N–H and O–H groups in total. The zero-order valence-electron chi connectivity index (χ0n) is 16.0. The highest BCUT2D eigenvalue weighted by atomic mass is 35.5. The van der Waals surface area contributed by atoms with Crippen molar-refractivity contribution >= 4 is 46.1 Å². The van der Waals surface area contributed by atoms with E-state index in [9.17, 15) is 9.59 Å². The highest BCUT2D eigenvalue weighted by molar-refractivity contribution is 8.14. The molecule has 1 unspecified atom stereocenters. The van der Waals surface area contributed by atoms with Crippen LogP contribution in [0, 0.1) is 0 Å². The van der Waals surface area contributed by atoms with Crippen LogP contribution in [0.1, 0.15) is 5.56 Å². The molecule has 154 valence electrons. The van der Waals surface area contributed by atoms with Crippen LogP contribution in [0.2, 0.25) is 5.02 Å². The molecule has 0 aliphatic carbocycles. The highest BCUT2D eigenvalue weighted by Crippen LogP contribution is 2.29. The number of rotatable bonds is 8. The molecule has 2 aromatic rings. The van der Waals surface area contributed by atoms with Crippen molar-refractivity contribution in [2.24, 2.45) is 0 Å². The predicted octanol–water partition coefficient (Wildman–Crippen LogP) is 4.13. The molecular formula is C21H22ClNO4S2. The molecule has 29 heavy (non-hydrogen) atoms. The summed E-state index contributed by atoms with van der Waals surface area (Å²) >= 11 is 8.82. The zero-order chi connectivity index (χ0) is 20.6. The standard InChI is InChI=1S/C21H22ClNO4S2/c1-26-17-8-4-5-9-18(17)27-13-20-23(10-11-28-20)19(24)14-29-21(25)12-15-6-2-3-7-16(15)22/h2-9,20H,10-14H2,1H3. The van der Waals surface area contributed by atoms with Gasteiger partial charge in [-0.3, -0.25) is 9.59 Å². The maximum absolute atomic E-state index is 12.6. The van der Waals surface area contributed by atoms with Gasteiger partial charge in [0.05, 0.1) is 12.9 Å². The van der Waals surface area contributed by atoms with Gasteiger partial charge in [-0.15, -0.1) is 11.8 Å². The number of carbonyl (C=O) groups is 2. The molecule has 1 heterocycles. The summed E-state index contributed by atoms with van der Waals surface area (Å²) in [5.74, 6) is 2.23. The third kappa shape index (κ3) is 6.07. The van der Waals surface area contributed by atoms with E-state index >= 15 is 0 Å². The van der Waals surface area contributed by atoms with Crippen LogP contribution in [0.25, 0.3) is 0 Å². The molecule has 8 heteroatoms. The summed E-state index contributed by atoms with van der Waals surface area (Å²) in [5, 5.41) is 0.420. The van der Waals surface area contributed by atoms with Gasteiger partial charge in [0.2, 0.25) is 5.91 Å². The van der Waals surface area contributed by atoms with Crippen LogP contribution < -0.4 is 9.47 Å². The Hall–Kier alpha value is -1.83. The van der Waals surface area contributed by atoms with E-state index in [0.717, 1.165) is 23.1 Å². The maximum Gasteiger partial charge on any atom is 0.234 e. The molecule has 0 saturated carbocycles. The predicted molar refractivity (Wildman–Crippen MR) is 119 cm³/mol.